The van der Waals surface area contributed by atoms with Crippen molar-refractivity contribution in [3.8, 4) is 0 Å². The van der Waals surface area contributed by atoms with E-state index in [1.54, 1.807) is 11.3 Å². The van der Waals surface area contributed by atoms with Crippen LogP contribution in [0.5, 0.6) is 0 Å². The Labute approximate surface area is 151 Å². The third-order valence-electron chi connectivity index (χ3n) is 4.81. The fourth-order valence-corrected chi connectivity index (χ4v) is 4.68. The number of carbonyl (C=O) groups is 1. The van der Waals surface area contributed by atoms with Crippen LogP contribution < -0.4 is 0 Å². The number of benzene rings is 1. The highest BCUT2D eigenvalue weighted by atomic mass is 32.1. The summed E-state index contributed by atoms with van der Waals surface area (Å²) in [6.45, 7) is 11.0. The van der Waals surface area contributed by atoms with Crippen molar-refractivity contribution in [2.24, 2.45) is 5.92 Å². The number of Topliss-reactive ketones (excluding diaryl/α,β-unsaturated/α-hetero) is 1. The monoisotopic (exact) mass is 342 g/mol. The second-order valence-corrected chi connectivity index (χ2v) is 8.19. The number of aryl methyl sites for hydroxylation is 2. The Hall–Kier alpha value is -1.41. The van der Waals surface area contributed by atoms with Crippen molar-refractivity contribution in [2.75, 3.05) is 0 Å². The summed E-state index contributed by atoms with van der Waals surface area (Å²) in [4.78, 5) is 15.0. The summed E-state index contributed by atoms with van der Waals surface area (Å²) in [5.41, 5.74) is 4.07. The lowest BCUT2D eigenvalue weighted by Crippen LogP contribution is -2.03. The van der Waals surface area contributed by atoms with Crippen molar-refractivity contribution < 1.29 is 4.79 Å². The molecule has 0 radical (unpaired) electrons. The highest BCUT2D eigenvalue weighted by Crippen LogP contribution is 2.45. The minimum absolute atomic E-state index is 0.328. The predicted molar refractivity (Wildman–Crippen MR) is 105 cm³/mol. The summed E-state index contributed by atoms with van der Waals surface area (Å²) >= 11 is 1.72. The van der Waals surface area contributed by atoms with Gasteiger partial charge in [-0.05, 0) is 48.3 Å². The van der Waals surface area contributed by atoms with Gasteiger partial charge in [0.1, 0.15) is 0 Å². The molecule has 1 aliphatic rings. The molecule has 0 N–H and O–H groups in total. The lowest BCUT2D eigenvalue weighted by Gasteiger charge is -2.09. The van der Waals surface area contributed by atoms with Gasteiger partial charge in [0.15, 0.2) is 5.78 Å². The van der Waals surface area contributed by atoms with Crippen molar-refractivity contribution >= 4 is 17.1 Å². The fraction of sp³-hybridized carbons (Fsp3) is 0.500. The largest absolute Gasteiger partial charge is 0.293 e. The van der Waals surface area contributed by atoms with Gasteiger partial charge in [-0.1, -0.05) is 64.4 Å². The van der Waals surface area contributed by atoms with E-state index < -0.39 is 0 Å². The molecule has 1 aromatic carbocycles. The molecule has 2 aromatic rings. The second-order valence-electron chi connectivity index (χ2n) is 6.97. The van der Waals surface area contributed by atoms with E-state index in [2.05, 4.69) is 46.8 Å². The Morgan fingerprint density at radius 1 is 1.17 bits per heavy atom. The molecule has 3 rings (SSSR count). The molecule has 0 fully saturated rings. The van der Waals surface area contributed by atoms with E-state index in [9.17, 15) is 4.79 Å². The number of ketones is 1. The molecule has 2 atom stereocenters. The third kappa shape index (κ3) is 4.16. The third-order valence-corrected chi connectivity index (χ3v) is 6.01. The maximum absolute atomic E-state index is 12.6. The number of carbonyl (C=O) groups excluding carboxylic acids is 1. The number of fused-ring (bicyclic) bond motifs is 1. The van der Waals surface area contributed by atoms with Gasteiger partial charge in [-0.25, -0.2) is 0 Å². The van der Waals surface area contributed by atoms with E-state index in [1.165, 1.54) is 28.0 Å². The van der Waals surface area contributed by atoms with Gasteiger partial charge in [0, 0.05) is 11.3 Å². The zero-order valence-corrected chi connectivity index (χ0v) is 16.5. The minimum Gasteiger partial charge on any atom is -0.293 e. The molecule has 1 nitrogen and oxygen atoms in total. The molecular formula is C22H30OS. The average molecular weight is 343 g/mol. The van der Waals surface area contributed by atoms with Crippen molar-refractivity contribution in [1.29, 1.82) is 0 Å². The van der Waals surface area contributed by atoms with Gasteiger partial charge in [-0.2, -0.15) is 0 Å². The summed E-state index contributed by atoms with van der Waals surface area (Å²) in [6, 6.07) is 10.3. The molecule has 0 bridgehead atoms. The van der Waals surface area contributed by atoms with Crippen LogP contribution in [0.25, 0.3) is 0 Å². The van der Waals surface area contributed by atoms with E-state index in [0.717, 1.165) is 17.7 Å². The van der Waals surface area contributed by atoms with Gasteiger partial charge in [0.25, 0.3) is 0 Å². The van der Waals surface area contributed by atoms with E-state index in [-0.39, 0.29) is 0 Å². The molecule has 0 saturated carbocycles. The number of hydrogen-bond acceptors (Lipinski definition) is 2. The highest BCUT2D eigenvalue weighted by Gasteiger charge is 2.33. The van der Waals surface area contributed by atoms with Crippen LogP contribution in [-0.2, 0) is 12.8 Å². The number of hydrogen-bond donors (Lipinski definition) is 0. The van der Waals surface area contributed by atoms with Crippen molar-refractivity contribution in [3.63, 3.8) is 0 Å². The van der Waals surface area contributed by atoms with Crippen molar-refractivity contribution in [1.82, 2.24) is 0 Å². The Balaban J connectivity index is 0.000000647. The van der Waals surface area contributed by atoms with Gasteiger partial charge < -0.3 is 0 Å². The Morgan fingerprint density at radius 3 is 2.42 bits per heavy atom. The van der Waals surface area contributed by atoms with Crippen LogP contribution in [0.3, 0.4) is 0 Å². The summed E-state index contributed by atoms with van der Waals surface area (Å²) < 4.78 is 0. The van der Waals surface area contributed by atoms with E-state index >= 15 is 0 Å². The van der Waals surface area contributed by atoms with Crippen LogP contribution in [0.1, 0.15) is 77.7 Å². The fourth-order valence-electron chi connectivity index (χ4n) is 3.43. The second kappa shape index (κ2) is 8.62. The zero-order valence-electron chi connectivity index (χ0n) is 15.7. The van der Waals surface area contributed by atoms with Crippen LogP contribution in [-0.4, -0.2) is 5.78 Å². The molecule has 1 aliphatic carbocycles. The molecule has 0 aliphatic heterocycles. The average Bonchev–Trinajstić information content (AvgIpc) is 3.05. The first-order valence-electron chi connectivity index (χ1n) is 9.18. The summed E-state index contributed by atoms with van der Waals surface area (Å²) in [6.07, 6.45) is 3.79. The first-order valence-corrected chi connectivity index (χ1v) is 10.00. The molecule has 2 heteroatoms. The molecule has 1 aromatic heterocycles. The quantitative estimate of drug-likeness (QED) is 0.573. The Kier molecular flexibility index (Phi) is 6.79. The van der Waals surface area contributed by atoms with Crippen molar-refractivity contribution in [2.45, 2.75) is 66.2 Å². The maximum Gasteiger partial charge on any atom is 0.173 e. The van der Waals surface area contributed by atoms with Gasteiger partial charge in [0.2, 0.25) is 0 Å². The molecule has 1 heterocycles. The smallest absolute Gasteiger partial charge is 0.173 e. The van der Waals surface area contributed by atoms with Gasteiger partial charge in [-0.3, -0.25) is 4.79 Å². The van der Waals surface area contributed by atoms with Crippen LogP contribution in [0.2, 0.25) is 0 Å². The molecule has 0 spiro atoms. The predicted octanol–water partition coefficient (Wildman–Crippen LogP) is 6.58. The first kappa shape index (κ1) is 18.9. The van der Waals surface area contributed by atoms with E-state index in [1.807, 2.05) is 18.2 Å². The van der Waals surface area contributed by atoms with Crippen LogP contribution in [0.4, 0.5) is 0 Å². The topological polar surface area (TPSA) is 17.1 Å². The maximum atomic E-state index is 12.6. The van der Waals surface area contributed by atoms with E-state index in [0.29, 0.717) is 24.0 Å². The van der Waals surface area contributed by atoms with Gasteiger partial charge in [-0.15, -0.1) is 11.3 Å². The molecule has 0 amide bonds. The molecular weight excluding hydrogens is 312 g/mol. The SMILES string of the molecule is CCC.Cc1sc(C(=O)CCc2ccccc2)c2c1[C@H](C)[C@H](C)C2. The Bertz CT molecular complexity index is 669. The summed E-state index contributed by atoms with van der Waals surface area (Å²) in [5, 5.41) is 0. The molecule has 130 valence electrons. The van der Waals surface area contributed by atoms with Crippen molar-refractivity contribution in [3.05, 3.63) is 56.8 Å². The molecule has 24 heavy (non-hydrogen) atoms. The summed E-state index contributed by atoms with van der Waals surface area (Å²) in [7, 11) is 0. The standard InChI is InChI=1S/C19H22OS.C3H8/c1-12-11-16-18(13(12)2)14(3)21-19(16)17(20)10-9-15-7-5-4-6-8-15;1-3-2/h4-8,12-13H,9-11H2,1-3H3;3H2,1-2H3/t12-,13-;/m1./s1. The number of thiophene rings is 1. The summed E-state index contributed by atoms with van der Waals surface area (Å²) in [5.74, 6) is 1.60. The van der Waals surface area contributed by atoms with Gasteiger partial charge >= 0.3 is 0 Å². The van der Waals surface area contributed by atoms with Crippen LogP contribution >= 0.6 is 11.3 Å². The lowest BCUT2D eigenvalue weighted by atomic mass is 9.96. The first-order chi connectivity index (χ1) is 11.5. The molecule has 0 saturated heterocycles. The van der Waals surface area contributed by atoms with Crippen LogP contribution in [0, 0.1) is 12.8 Å². The van der Waals surface area contributed by atoms with Gasteiger partial charge in [0.05, 0.1) is 4.88 Å². The Morgan fingerprint density at radius 2 is 1.79 bits per heavy atom. The molecule has 0 unspecified atom stereocenters. The highest BCUT2D eigenvalue weighted by molar-refractivity contribution is 7.14. The van der Waals surface area contributed by atoms with E-state index in [4.69, 9.17) is 0 Å². The minimum atomic E-state index is 0.328. The number of rotatable bonds is 4. The normalized spacial score (nSPS) is 18.7. The van der Waals surface area contributed by atoms with Crippen LogP contribution in [0.15, 0.2) is 30.3 Å². The lowest BCUT2D eigenvalue weighted by molar-refractivity contribution is 0.0986. The zero-order chi connectivity index (χ0) is 17.7.